The average molecular weight is 804 g/mol. The Morgan fingerprint density at radius 2 is 1.93 bits per heavy atom. The maximum absolute atomic E-state index is 17.8. The maximum atomic E-state index is 17.8. The molecule has 0 radical (unpaired) electrons. The molecule has 6 aliphatic heterocycles. The number of halogens is 5. The molecule has 0 amide bonds. The summed E-state index contributed by atoms with van der Waals surface area (Å²) in [5.41, 5.74) is -0.203. The van der Waals surface area contributed by atoms with Crippen LogP contribution in [0.2, 0.25) is 0 Å². The zero-order chi connectivity index (χ0) is 40.8. The van der Waals surface area contributed by atoms with Crippen molar-refractivity contribution in [1.82, 2.24) is 19.8 Å². The monoisotopic (exact) mass is 803 g/mol. The molecule has 1 aliphatic carbocycles. The van der Waals surface area contributed by atoms with Gasteiger partial charge in [0.1, 0.15) is 35.7 Å². The van der Waals surface area contributed by atoms with Crippen LogP contribution in [-0.2, 0) is 11.3 Å². The van der Waals surface area contributed by atoms with Gasteiger partial charge in [0.25, 0.3) is 0 Å². The van der Waals surface area contributed by atoms with E-state index in [0.717, 1.165) is 35.9 Å². The lowest BCUT2D eigenvalue weighted by atomic mass is 9.73. The van der Waals surface area contributed by atoms with Gasteiger partial charge in [-0.25, -0.2) is 36.7 Å². The number of terminal acetylenes is 1. The van der Waals surface area contributed by atoms with Gasteiger partial charge in [-0.05, 0) is 82.6 Å². The summed E-state index contributed by atoms with van der Waals surface area (Å²) in [4.78, 5) is 20.4. The minimum absolute atomic E-state index is 0.0215. The van der Waals surface area contributed by atoms with Crippen molar-refractivity contribution >= 4 is 22.2 Å². The number of ether oxygens (including phenoxy) is 1. The number of nitrogens with zero attached hydrogens (tertiary/aromatic N) is 5. The molecule has 304 valence electrons. The van der Waals surface area contributed by atoms with Gasteiger partial charge in [0.2, 0.25) is 12.3 Å². The van der Waals surface area contributed by atoms with E-state index in [1.54, 1.807) is 13.8 Å². The number of phenols is 1. The number of aryl methyl sites for hydroxylation is 1. The number of aromatic hydroxyl groups is 1. The van der Waals surface area contributed by atoms with Crippen LogP contribution in [0.15, 0.2) is 83.5 Å². The van der Waals surface area contributed by atoms with Crippen molar-refractivity contribution in [3.05, 3.63) is 104 Å². The van der Waals surface area contributed by atoms with Crippen LogP contribution in [0.4, 0.5) is 22.0 Å². The van der Waals surface area contributed by atoms with E-state index in [1.807, 2.05) is 17.0 Å². The van der Waals surface area contributed by atoms with E-state index in [4.69, 9.17) is 25.0 Å². The van der Waals surface area contributed by atoms with Gasteiger partial charge in [-0.3, -0.25) is 9.91 Å². The first-order chi connectivity index (χ1) is 27.8. The molecule has 4 atom stereocenters. The Labute approximate surface area is 331 Å². The number of rotatable bonds is 7. The van der Waals surface area contributed by atoms with Gasteiger partial charge in [-0.1, -0.05) is 18.9 Å². The predicted octanol–water partition coefficient (Wildman–Crippen LogP) is 8.10. The summed E-state index contributed by atoms with van der Waals surface area (Å²) in [6, 6.07) is 4.95. The van der Waals surface area contributed by atoms with Crippen molar-refractivity contribution in [2.24, 2.45) is 22.2 Å². The second-order valence-corrected chi connectivity index (χ2v) is 16.4. The van der Waals surface area contributed by atoms with Gasteiger partial charge in [0.05, 0.1) is 30.0 Å². The Morgan fingerprint density at radius 3 is 2.67 bits per heavy atom. The largest absolute Gasteiger partial charge is 0.519 e. The third-order valence-electron chi connectivity index (χ3n) is 12.8. The molecule has 3 saturated heterocycles. The summed E-state index contributed by atoms with van der Waals surface area (Å²) in [7, 11) is 1.85. The fourth-order valence-electron chi connectivity index (χ4n) is 10.2. The highest BCUT2D eigenvalue weighted by atomic mass is 19.3. The Kier molecular flexibility index (Phi) is 9.35. The van der Waals surface area contributed by atoms with Crippen LogP contribution in [0.25, 0.3) is 16.3 Å². The number of alkyl halides is 2. The minimum atomic E-state index is -2.63. The standard InChI is InChI=1S/C43H42F5N5O5/c1-5-25-29(44)10-9-23-15-24(54)16-27(36(23)25)37-30(45)17-35(56-20-43(3)19-50(4)14-13-28(43)40(47)48)53-33(39(37)46)8-6-7-26-31-11-12-32-38(26)41(53)49-21-52(32)51(31)18-34-22(2)57-42(55)58-34/h1,9-10,15-17,26,28,31,40,54H,6-8,11-14,18-21H2,2-4H3/t26-,28+,31-,43-/m0/s1. The van der Waals surface area contributed by atoms with Crippen molar-refractivity contribution in [3.8, 4) is 18.1 Å². The third kappa shape index (κ3) is 6.06. The lowest BCUT2D eigenvalue weighted by Gasteiger charge is -2.57. The Hall–Kier alpha value is -5.33. The number of amidine groups is 1. The summed E-state index contributed by atoms with van der Waals surface area (Å²) < 4.78 is 96.5. The summed E-state index contributed by atoms with van der Waals surface area (Å²) in [5, 5.41) is 15.3. The highest BCUT2D eigenvalue weighted by molar-refractivity contribution is 6.05. The summed E-state index contributed by atoms with van der Waals surface area (Å²) in [6.07, 6.45) is 7.00. The van der Waals surface area contributed by atoms with Crippen LogP contribution in [0.3, 0.4) is 0 Å². The first-order valence-electron chi connectivity index (χ1n) is 19.5. The fraction of sp³-hybridized carbons (Fsp3) is 0.442. The molecule has 1 N–H and O–H groups in total. The van der Waals surface area contributed by atoms with Gasteiger partial charge in [-0.2, -0.15) is 0 Å². The quantitative estimate of drug-likeness (QED) is 0.188. The second-order valence-electron chi connectivity index (χ2n) is 16.4. The average Bonchev–Trinajstić information content (AvgIpc) is 3.44. The number of hydrogen-bond donors (Lipinski definition) is 1. The molecular weight excluding hydrogens is 761 g/mol. The van der Waals surface area contributed by atoms with Crippen molar-refractivity contribution in [1.29, 1.82) is 0 Å². The van der Waals surface area contributed by atoms with Crippen LogP contribution in [0.5, 0.6) is 5.75 Å². The topological polar surface area (TPSA) is 98.1 Å². The van der Waals surface area contributed by atoms with E-state index in [9.17, 15) is 18.7 Å². The van der Waals surface area contributed by atoms with Crippen LogP contribution < -0.4 is 5.82 Å². The number of allylic oxidation sites excluding steroid dienone is 6. The first-order valence-corrected chi connectivity index (χ1v) is 19.5. The number of hydrazine groups is 1. The Morgan fingerprint density at radius 1 is 1.12 bits per heavy atom. The molecule has 7 aliphatic rings. The third-order valence-corrected chi connectivity index (χ3v) is 12.8. The fourth-order valence-corrected chi connectivity index (χ4v) is 10.2. The molecule has 0 spiro atoms. The molecule has 0 unspecified atom stereocenters. The molecule has 3 fully saturated rings. The molecule has 58 heavy (non-hydrogen) atoms. The summed E-state index contributed by atoms with van der Waals surface area (Å²) >= 11 is 0. The lowest BCUT2D eigenvalue weighted by molar-refractivity contribution is -0.105. The number of fused-ring (bicyclic) bond motifs is 4. The molecule has 7 heterocycles. The number of piperidine rings is 1. The number of phenolic OH excluding ortho intramolecular Hbond substituents is 1. The SMILES string of the molecule is C#Cc1c(F)ccc2cc(O)cc(C3=C(F)C=C(OC[C@]4(C)CN(C)CC[C@@H]4C(F)F)N4C5=NCN6C7=C5[C@@H](CCCC4=C3F)[C@H](CC7)N6Cc3oc(=O)oc3C)c12. The minimum Gasteiger partial charge on any atom is -0.508 e. The van der Waals surface area contributed by atoms with Crippen LogP contribution in [-0.4, -0.2) is 76.6 Å². The van der Waals surface area contributed by atoms with E-state index < -0.39 is 46.6 Å². The number of aliphatic imine (C=N–C) groups is 1. The van der Waals surface area contributed by atoms with E-state index >= 15 is 13.2 Å². The molecule has 10 nitrogen and oxygen atoms in total. The molecule has 0 saturated carbocycles. The van der Waals surface area contributed by atoms with Crippen molar-refractivity contribution in [3.63, 3.8) is 0 Å². The zero-order valence-corrected chi connectivity index (χ0v) is 32.3. The normalized spacial score (nSPS) is 26.4. The summed E-state index contributed by atoms with van der Waals surface area (Å²) in [5.74, 6) is -1.73. The lowest BCUT2D eigenvalue weighted by Crippen LogP contribution is -2.62. The predicted molar refractivity (Wildman–Crippen MR) is 204 cm³/mol. The van der Waals surface area contributed by atoms with Crippen LogP contribution in [0, 0.1) is 42.3 Å². The Bertz CT molecular complexity index is 2500. The zero-order valence-electron chi connectivity index (χ0n) is 32.3. The number of benzene rings is 2. The van der Waals surface area contributed by atoms with Gasteiger partial charge in [-0.15, -0.1) is 6.42 Å². The number of likely N-dealkylation sites (tertiary alicyclic amines) is 1. The van der Waals surface area contributed by atoms with Gasteiger partial charge in [0, 0.05) is 58.1 Å². The van der Waals surface area contributed by atoms with E-state index in [1.165, 1.54) is 17.0 Å². The van der Waals surface area contributed by atoms with E-state index in [-0.39, 0.29) is 90.4 Å². The van der Waals surface area contributed by atoms with Gasteiger partial charge >= 0.3 is 5.82 Å². The first kappa shape index (κ1) is 38.2. The van der Waals surface area contributed by atoms with Gasteiger partial charge in [0.15, 0.2) is 11.6 Å². The second kappa shape index (κ2) is 14.2. The molecular formula is C43H42F5N5O5. The summed E-state index contributed by atoms with van der Waals surface area (Å²) in [6.45, 7) is 4.28. The molecule has 4 bridgehead atoms. The van der Waals surface area contributed by atoms with E-state index in [0.29, 0.717) is 43.2 Å². The van der Waals surface area contributed by atoms with E-state index in [2.05, 4.69) is 10.9 Å². The molecule has 3 aromatic rings. The maximum Gasteiger partial charge on any atom is 0.519 e. The van der Waals surface area contributed by atoms with Crippen molar-refractivity contribution in [2.45, 2.75) is 71.4 Å². The molecule has 1 aromatic heterocycles. The highest BCUT2D eigenvalue weighted by Gasteiger charge is 2.52. The van der Waals surface area contributed by atoms with Crippen LogP contribution >= 0.6 is 0 Å². The smallest absolute Gasteiger partial charge is 0.508 e. The molecule has 2 aromatic carbocycles. The molecule has 15 heteroatoms. The number of hydrogen-bond acceptors (Lipinski definition) is 10. The van der Waals surface area contributed by atoms with Crippen LogP contribution in [0.1, 0.15) is 68.1 Å². The van der Waals surface area contributed by atoms with Gasteiger partial charge < -0.3 is 23.6 Å². The highest BCUT2D eigenvalue weighted by Crippen LogP contribution is 2.52. The Balaban J connectivity index is 1.21. The molecule has 10 rings (SSSR count). The van der Waals surface area contributed by atoms with Crippen molar-refractivity contribution in [2.75, 3.05) is 33.4 Å². The van der Waals surface area contributed by atoms with Crippen molar-refractivity contribution < 1.29 is 40.6 Å².